The van der Waals surface area contributed by atoms with E-state index in [1.165, 1.54) is 0 Å². The largest absolute Gasteiger partial charge is 0.457 e. The van der Waals surface area contributed by atoms with Crippen LogP contribution in [-0.2, 0) is 11.3 Å². The summed E-state index contributed by atoms with van der Waals surface area (Å²) in [7, 11) is 0. The van der Waals surface area contributed by atoms with Crippen molar-refractivity contribution in [2.75, 3.05) is 5.73 Å². The molecule has 21 heavy (non-hydrogen) atoms. The summed E-state index contributed by atoms with van der Waals surface area (Å²) in [5.41, 5.74) is 4.84. The second-order valence-corrected chi connectivity index (χ2v) is 4.20. The number of esters is 1. The third kappa shape index (κ3) is 3.33. The van der Waals surface area contributed by atoms with E-state index in [0.29, 0.717) is 5.56 Å². The molecule has 6 nitrogen and oxygen atoms in total. The fourth-order valence-corrected chi connectivity index (χ4v) is 1.69. The topological polar surface area (TPSA) is 95.5 Å². The van der Waals surface area contributed by atoms with Gasteiger partial charge in [0.15, 0.2) is 0 Å². The Balaban J connectivity index is 2.15. The molecule has 0 heterocycles. The van der Waals surface area contributed by atoms with Crippen molar-refractivity contribution < 1.29 is 18.8 Å². The molecule has 0 saturated carbocycles. The predicted octanol–water partition coefficient (Wildman–Crippen LogP) is 2.67. The second kappa shape index (κ2) is 6.00. The lowest BCUT2D eigenvalue weighted by atomic mass is 10.1. The summed E-state index contributed by atoms with van der Waals surface area (Å²) in [5.74, 6) is -1.41. The molecule has 0 aliphatic carbocycles. The van der Waals surface area contributed by atoms with Crippen LogP contribution in [0.3, 0.4) is 0 Å². The van der Waals surface area contributed by atoms with Crippen LogP contribution >= 0.6 is 0 Å². The zero-order valence-electron chi connectivity index (χ0n) is 10.8. The number of nitro benzene ring substituents is 1. The number of carbonyl (C=O) groups excluding carboxylic acids is 1. The number of nitrogens with two attached hydrogens (primary N) is 1. The van der Waals surface area contributed by atoms with E-state index < -0.39 is 29.0 Å². The van der Waals surface area contributed by atoms with Gasteiger partial charge in [-0.05, 0) is 12.1 Å². The maximum absolute atomic E-state index is 13.7. The average molecular weight is 290 g/mol. The van der Waals surface area contributed by atoms with Gasteiger partial charge in [-0.2, -0.15) is 0 Å². The number of carbonyl (C=O) groups is 1. The second-order valence-electron chi connectivity index (χ2n) is 4.20. The Hall–Kier alpha value is -2.96. The minimum Gasteiger partial charge on any atom is -0.457 e. The van der Waals surface area contributed by atoms with E-state index in [4.69, 9.17) is 10.5 Å². The first-order valence-electron chi connectivity index (χ1n) is 5.93. The number of nitro groups is 1. The van der Waals surface area contributed by atoms with E-state index in [-0.39, 0.29) is 11.3 Å². The summed E-state index contributed by atoms with van der Waals surface area (Å²) in [4.78, 5) is 21.7. The summed E-state index contributed by atoms with van der Waals surface area (Å²) >= 11 is 0. The molecule has 7 heteroatoms. The first-order valence-corrected chi connectivity index (χ1v) is 5.93. The van der Waals surface area contributed by atoms with Gasteiger partial charge in [-0.1, -0.05) is 18.2 Å². The third-order valence-corrected chi connectivity index (χ3v) is 2.76. The minimum absolute atomic E-state index is 0.111. The lowest BCUT2D eigenvalue weighted by molar-refractivity contribution is -0.384. The number of nitrogen functional groups attached to an aromatic ring is 1. The lowest BCUT2D eigenvalue weighted by Crippen LogP contribution is -2.07. The summed E-state index contributed by atoms with van der Waals surface area (Å²) in [6.45, 7) is -0.416. The first kappa shape index (κ1) is 14.4. The fourth-order valence-electron chi connectivity index (χ4n) is 1.69. The normalized spacial score (nSPS) is 10.1. The van der Waals surface area contributed by atoms with Crippen LogP contribution in [-0.4, -0.2) is 10.9 Å². The van der Waals surface area contributed by atoms with Gasteiger partial charge in [0.05, 0.1) is 10.5 Å². The van der Waals surface area contributed by atoms with Crippen LogP contribution in [0.15, 0.2) is 42.5 Å². The molecule has 0 amide bonds. The van der Waals surface area contributed by atoms with Crippen molar-refractivity contribution in [1.82, 2.24) is 0 Å². The zero-order valence-corrected chi connectivity index (χ0v) is 10.8. The molecule has 2 aromatic carbocycles. The van der Waals surface area contributed by atoms with E-state index >= 15 is 0 Å². The molecular formula is C14H11FN2O4. The molecule has 0 atom stereocenters. The molecule has 0 spiro atoms. The Bertz CT molecular complexity index is 689. The van der Waals surface area contributed by atoms with Crippen LogP contribution < -0.4 is 5.73 Å². The van der Waals surface area contributed by atoms with Crippen molar-refractivity contribution >= 4 is 17.3 Å². The van der Waals surface area contributed by atoms with Gasteiger partial charge in [0.25, 0.3) is 5.69 Å². The number of hydrogen-bond donors (Lipinski definition) is 1. The molecule has 0 aliphatic rings. The molecule has 0 radical (unpaired) electrons. The van der Waals surface area contributed by atoms with Gasteiger partial charge in [-0.3, -0.25) is 10.1 Å². The smallest absolute Gasteiger partial charge is 0.338 e. The molecule has 108 valence electrons. The van der Waals surface area contributed by atoms with Crippen LogP contribution in [0.5, 0.6) is 0 Å². The van der Waals surface area contributed by atoms with Gasteiger partial charge in [-0.25, -0.2) is 9.18 Å². The zero-order chi connectivity index (χ0) is 15.4. The van der Waals surface area contributed by atoms with Gasteiger partial charge in [0, 0.05) is 17.7 Å². The number of halogens is 1. The Morgan fingerprint density at radius 3 is 2.57 bits per heavy atom. The van der Waals surface area contributed by atoms with E-state index in [1.54, 1.807) is 30.3 Å². The van der Waals surface area contributed by atoms with Gasteiger partial charge in [-0.15, -0.1) is 0 Å². The van der Waals surface area contributed by atoms with Crippen LogP contribution in [0.2, 0.25) is 0 Å². The van der Waals surface area contributed by atoms with Crippen molar-refractivity contribution in [3.05, 3.63) is 69.5 Å². The van der Waals surface area contributed by atoms with Crippen LogP contribution in [0, 0.1) is 15.9 Å². The van der Waals surface area contributed by atoms with Crippen LogP contribution in [0.25, 0.3) is 0 Å². The summed E-state index contributed by atoms with van der Waals surface area (Å²) in [6, 6.07) is 9.94. The SMILES string of the molecule is Nc1cc(F)c(COC(=O)c2ccccc2)cc1[N+](=O)[O-]. The van der Waals surface area contributed by atoms with E-state index in [2.05, 4.69) is 0 Å². The molecule has 0 aromatic heterocycles. The van der Waals surface area contributed by atoms with E-state index in [0.717, 1.165) is 12.1 Å². The number of nitrogens with zero attached hydrogens (tertiary/aromatic N) is 1. The monoisotopic (exact) mass is 290 g/mol. The molecule has 0 saturated heterocycles. The van der Waals surface area contributed by atoms with E-state index in [1.807, 2.05) is 0 Å². The lowest BCUT2D eigenvalue weighted by Gasteiger charge is -2.07. The molecule has 2 aromatic rings. The van der Waals surface area contributed by atoms with Gasteiger partial charge in [0.1, 0.15) is 18.1 Å². The molecule has 0 fully saturated rings. The summed E-state index contributed by atoms with van der Waals surface area (Å²) in [5, 5.41) is 10.7. The maximum atomic E-state index is 13.7. The maximum Gasteiger partial charge on any atom is 0.338 e. The first-order chi connectivity index (χ1) is 9.99. The summed E-state index contributed by atoms with van der Waals surface area (Å²) in [6.07, 6.45) is 0. The predicted molar refractivity (Wildman–Crippen MR) is 73.0 cm³/mol. The standard InChI is InChI=1S/C14H11FN2O4/c15-11-7-12(16)13(17(19)20)6-10(11)8-21-14(18)9-4-2-1-3-5-9/h1-7H,8,16H2. The third-order valence-electron chi connectivity index (χ3n) is 2.76. The fraction of sp³-hybridized carbons (Fsp3) is 0.0714. The highest BCUT2D eigenvalue weighted by Crippen LogP contribution is 2.25. The number of ether oxygens (including phenoxy) is 1. The molecule has 2 N–H and O–H groups in total. The quantitative estimate of drug-likeness (QED) is 0.404. The molecular weight excluding hydrogens is 279 g/mol. The Morgan fingerprint density at radius 2 is 1.95 bits per heavy atom. The van der Waals surface area contributed by atoms with Gasteiger partial charge >= 0.3 is 5.97 Å². The van der Waals surface area contributed by atoms with Crippen LogP contribution in [0.1, 0.15) is 15.9 Å². The highest BCUT2D eigenvalue weighted by molar-refractivity contribution is 5.89. The van der Waals surface area contributed by atoms with Crippen molar-refractivity contribution in [3.8, 4) is 0 Å². The molecule has 2 rings (SSSR count). The van der Waals surface area contributed by atoms with Crippen molar-refractivity contribution in [1.29, 1.82) is 0 Å². The van der Waals surface area contributed by atoms with Crippen molar-refractivity contribution in [2.24, 2.45) is 0 Å². The number of rotatable bonds is 4. The average Bonchev–Trinajstić information content (AvgIpc) is 2.46. The molecule has 0 unspecified atom stereocenters. The Morgan fingerprint density at radius 1 is 1.29 bits per heavy atom. The van der Waals surface area contributed by atoms with Crippen molar-refractivity contribution in [2.45, 2.75) is 6.61 Å². The molecule has 0 bridgehead atoms. The number of hydrogen-bond acceptors (Lipinski definition) is 5. The molecule has 0 aliphatic heterocycles. The number of anilines is 1. The number of benzene rings is 2. The van der Waals surface area contributed by atoms with Crippen molar-refractivity contribution in [3.63, 3.8) is 0 Å². The Kier molecular flexibility index (Phi) is 4.13. The van der Waals surface area contributed by atoms with Crippen LogP contribution in [0.4, 0.5) is 15.8 Å². The highest BCUT2D eigenvalue weighted by atomic mass is 19.1. The minimum atomic E-state index is -0.765. The summed E-state index contributed by atoms with van der Waals surface area (Å²) < 4.78 is 18.6. The Labute approximate surface area is 119 Å². The van der Waals surface area contributed by atoms with E-state index in [9.17, 15) is 19.3 Å². The van der Waals surface area contributed by atoms with Gasteiger partial charge < -0.3 is 10.5 Å². The van der Waals surface area contributed by atoms with Gasteiger partial charge in [0.2, 0.25) is 0 Å². The highest BCUT2D eigenvalue weighted by Gasteiger charge is 2.17.